The molecule has 4 rings (SSSR count). The third-order valence-corrected chi connectivity index (χ3v) is 4.37. The van der Waals surface area contributed by atoms with Crippen LogP contribution >= 0.6 is 11.3 Å². The van der Waals surface area contributed by atoms with E-state index in [2.05, 4.69) is 20.4 Å². The Labute approximate surface area is 147 Å². The summed E-state index contributed by atoms with van der Waals surface area (Å²) in [6.07, 6.45) is 1.58. The zero-order chi connectivity index (χ0) is 17.1. The molecule has 0 spiro atoms. The summed E-state index contributed by atoms with van der Waals surface area (Å²) in [5.41, 5.74) is 1.83. The van der Waals surface area contributed by atoms with Crippen molar-refractivity contribution < 1.29 is 9.32 Å². The van der Waals surface area contributed by atoms with E-state index in [0.29, 0.717) is 28.0 Å². The number of hydrogen-bond acceptors (Lipinski definition) is 6. The molecule has 0 aliphatic rings. The fourth-order valence-electron chi connectivity index (χ4n) is 2.28. The molecule has 122 valence electrons. The van der Waals surface area contributed by atoms with Crippen LogP contribution in [0.15, 0.2) is 70.7 Å². The summed E-state index contributed by atoms with van der Waals surface area (Å²) in [6, 6.07) is 16.5. The number of nitrogens with one attached hydrogen (secondary N) is 1. The van der Waals surface area contributed by atoms with Crippen LogP contribution in [-0.2, 0) is 0 Å². The van der Waals surface area contributed by atoms with E-state index in [-0.39, 0.29) is 5.91 Å². The van der Waals surface area contributed by atoms with Gasteiger partial charge in [-0.1, -0.05) is 41.6 Å². The van der Waals surface area contributed by atoms with Gasteiger partial charge in [0.1, 0.15) is 10.6 Å². The van der Waals surface area contributed by atoms with E-state index >= 15 is 0 Å². The van der Waals surface area contributed by atoms with Gasteiger partial charge in [-0.3, -0.25) is 9.78 Å². The smallest absolute Gasteiger partial charge is 0.274 e. The zero-order valence-corrected chi connectivity index (χ0v) is 13.7. The van der Waals surface area contributed by atoms with Crippen molar-refractivity contribution in [2.45, 2.75) is 0 Å². The maximum Gasteiger partial charge on any atom is 0.274 e. The quantitative estimate of drug-likeness (QED) is 0.600. The van der Waals surface area contributed by atoms with Crippen molar-refractivity contribution in [1.29, 1.82) is 0 Å². The van der Waals surface area contributed by atoms with Crippen LogP contribution in [0.25, 0.3) is 22.2 Å². The number of carbonyl (C=O) groups is 1. The van der Waals surface area contributed by atoms with Gasteiger partial charge in [-0.2, -0.15) is 4.98 Å². The van der Waals surface area contributed by atoms with Crippen molar-refractivity contribution in [3.63, 3.8) is 0 Å². The van der Waals surface area contributed by atoms with E-state index in [4.69, 9.17) is 4.52 Å². The van der Waals surface area contributed by atoms with Crippen LogP contribution in [-0.4, -0.2) is 21.0 Å². The Hall–Kier alpha value is -3.32. The van der Waals surface area contributed by atoms with Crippen LogP contribution in [0.4, 0.5) is 5.69 Å². The van der Waals surface area contributed by atoms with Crippen LogP contribution in [0, 0.1) is 0 Å². The van der Waals surface area contributed by atoms with E-state index in [1.165, 1.54) is 11.3 Å². The minimum absolute atomic E-state index is 0.289. The largest absolute Gasteiger partial charge is 0.333 e. The van der Waals surface area contributed by atoms with E-state index in [0.717, 1.165) is 5.56 Å². The summed E-state index contributed by atoms with van der Waals surface area (Å²) < 4.78 is 5.37. The first-order chi connectivity index (χ1) is 12.3. The molecule has 3 heterocycles. The van der Waals surface area contributed by atoms with Crippen LogP contribution in [0.3, 0.4) is 0 Å². The number of pyridine rings is 1. The molecule has 0 saturated carbocycles. The molecular weight excluding hydrogens is 336 g/mol. The summed E-state index contributed by atoms with van der Waals surface area (Å²) in [5, 5.41) is 8.71. The summed E-state index contributed by atoms with van der Waals surface area (Å²) in [5.74, 6) is 0.583. The molecule has 1 amide bonds. The minimum Gasteiger partial charge on any atom is -0.333 e. The molecule has 0 aliphatic carbocycles. The maximum absolute atomic E-state index is 12.3. The van der Waals surface area contributed by atoms with Crippen molar-refractivity contribution in [2.75, 3.05) is 5.32 Å². The normalized spacial score (nSPS) is 10.6. The van der Waals surface area contributed by atoms with Gasteiger partial charge in [0, 0.05) is 11.8 Å². The van der Waals surface area contributed by atoms with Crippen molar-refractivity contribution in [3.8, 4) is 22.2 Å². The summed E-state index contributed by atoms with van der Waals surface area (Å²) in [7, 11) is 0. The molecule has 7 heteroatoms. The number of rotatable bonds is 4. The van der Waals surface area contributed by atoms with E-state index in [9.17, 15) is 4.79 Å². The molecule has 1 aromatic carbocycles. The van der Waals surface area contributed by atoms with Crippen molar-refractivity contribution in [2.24, 2.45) is 0 Å². The summed E-state index contributed by atoms with van der Waals surface area (Å²) >= 11 is 1.42. The lowest BCUT2D eigenvalue weighted by atomic mass is 10.2. The average molecular weight is 348 g/mol. The summed E-state index contributed by atoms with van der Waals surface area (Å²) in [6.45, 7) is 0. The fourth-order valence-corrected chi connectivity index (χ4v) is 3.05. The Kier molecular flexibility index (Phi) is 4.05. The van der Waals surface area contributed by atoms with Crippen LogP contribution in [0.1, 0.15) is 10.5 Å². The van der Waals surface area contributed by atoms with E-state index in [1.54, 1.807) is 30.5 Å². The molecule has 0 atom stereocenters. The third-order valence-electron chi connectivity index (χ3n) is 3.46. The molecule has 0 unspecified atom stereocenters. The molecule has 0 saturated heterocycles. The third kappa shape index (κ3) is 3.17. The van der Waals surface area contributed by atoms with Crippen molar-refractivity contribution in [1.82, 2.24) is 15.1 Å². The van der Waals surface area contributed by atoms with Gasteiger partial charge in [0.2, 0.25) is 5.82 Å². The van der Waals surface area contributed by atoms with Gasteiger partial charge >= 0.3 is 0 Å². The van der Waals surface area contributed by atoms with Crippen molar-refractivity contribution in [3.05, 3.63) is 71.9 Å². The number of hydrogen-bond donors (Lipinski definition) is 1. The predicted molar refractivity (Wildman–Crippen MR) is 95.2 cm³/mol. The molecule has 0 aliphatic heterocycles. The lowest BCUT2D eigenvalue weighted by molar-refractivity contribution is 0.102. The highest BCUT2D eigenvalue weighted by Crippen LogP contribution is 2.33. The van der Waals surface area contributed by atoms with Gasteiger partial charge < -0.3 is 9.84 Å². The van der Waals surface area contributed by atoms with Crippen molar-refractivity contribution >= 4 is 22.9 Å². The lowest BCUT2D eigenvalue weighted by Crippen LogP contribution is -2.13. The fraction of sp³-hybridized carbons (Fsp3) is 0. The molecule has 25 heavy (non-hydrogen) atoms. The second-order valence-corrected chi connectivity index (χ2v) is 6.04. The minimum atomic E-state index is -0.289. The molecule has 4 aromatic rings. The van der Waals surface area contributed by atoms with Gasteiger partial charge in [0.15, 0.2) is 0 Å². The summed E-state index contributed by atoms with van der Waals surface area (Å²) in [4.78, 5) is 21.5. The monoisotopic (exact) mass is 348 g/mol. The number of anilines is 1. The molecule has 3 aromatic heterocycles. The zero-order valence-electron chi connectivity index (χ0n) is 12.9. The Morgan fingerprint density at radius 1 is 1.04 bits per heavy atom. The second kappa shape index (κ2) is 6.66. The molecular formula is C18H12N4O2S. The first-order valence-electron chi connectivity index (χ1n) is 7.50. The van der Waals surface area contributed by atoms with Gasteiger partial charge in [0.25, 0.3) is 11.8 Å². The standard InChI is InChI=1S/C18H12N4O2S/c23-17(14-8-4-5-10-19-14)20-13-9-11-25-15(13)18-21-16(22-24-18)12-6-2-1-3-7-12/h1-11H,(H,20,23). The Bertz CT molecular complexity index is 996. The first kappa shape index (κ1) is 15.2. The first-order valence-corrected chi connectivity index (χ1v) is 8.38. The van der Waals surface area contributed by atoms with E-state index in [1.807, 2.05) is 35.7 Å². The van der Waals surface area contributed by atoms with Gasteiger partial charge in [0.05, 0.1) is 5.69 Å². The number of amides is 1. The molecule has 1 N–H and O–H groups in total. The van der Waals surface area contributed by atoms with Gasteiger partial charge in [-0.15, -0.1) is 11.3 Å². The van der Waals surface area contributed by atoms with Crippen LogP contribution < -0.4 is 5.32 Å². The highest BCUT2D eigenvalue weighted by Gasteiger charge is 2.18. The van der Waals surface area contributed by atoms with Gasteiger partial charge in [-0.05, 0) is 23.6 Å². The predicted octanol–water partition coefficient (Wildman–Crippen LogP) is 4.11. The average Bonchev–Trinajstić information content (AvgIpc) is 3.32. The van der Waals surface area contributed by atoms with E-state index < -0.39 is 0 Å². The van der Waals surface area contributed by atoms with Gasteiger partial charge in [-0.25, -0.2) is 0 Å². The SMILES string of the molecule is O=C(Nc1ccsc1-c1nc(-c2ccccc2)no1)c1ccccn1. The second-order valence-electron chi connectivity index (χ2n) is 5.12. The molecule has 6 nitrogen and oxygen atoms in total. The number of benzene rings is 1. The lowest BCUT2D eigenvalue weighted by Gasteiger charge is -2.03. The molecule has 0 radical (unpaired) electrons. The topological polar surface area (TPSA) is 80.9 Å². The molecule has 0 bridgehead atoms. The van der Waals surface area contributed by atoms with Crippen LogP contribution in [0.2, 0.25) is 0 Å². The number of nitrogens with zero attached hydrogens (tertiary/aromatic N) is 3. The Balaban J connectivity index is 1.60. The highest BCUT2D eigenvalue weighted by atomic mass is 32.1. The Morgan fingerprint density at radius 2 is 1.88 bits per heavy atom. The number of carbonyl (C=O) groups excluding carboxylic acids is 1. The number of aromatic nitrogens is 3. The number of thiophene rings is 1. The Morgan fingerprint density at radius 3 is 2.68 bits per heavy atom. The maximum atomic E-state index is 12.3. The highest BCUT2D eigenvalue weighted by molar-refractivity contribution is 7.14. The van der Waals surface area contributed by atoms with Crippen LogP contribution in [0.5, 0.6) is 0 Å². The molecule has 0 fully saturated rings.